The van der Waals surface area contributed by atoms with Gasteiger partial charge in [-0.1, -0.05) is 19.8 Å². The van der Waals surface area contributed by atoms with Gasteiger partial charge in [-0.15, -0.1) is 0 Å². The highest BCUT2D eigenvalue weighted by Gasteiger charge is 2.35. The van der Waals surface area contributed by atoms with Gasteiger partial charge >= 0.3 is 6.18 Å². The summed E-state index contributed by atoms with van der Waals surface area (Å²) in [5, 5.41) is 0. The number of aryl methyl sites for hydroxylation is 2. The lowest BCUT2D eigenvalue weighted by molar-refractivity contribution is -0.141. The predicted molar refractivity (Wildman–Crippen MR) is 51.6 cm³/mol. The SMILES string of the molecule is CCCCCc1nc(C(F)(F)F)c(C)[nH]1. The maximum absolute atomic E-state index is 12.4. The van der Waals surface area contributed by atoms with Gasteiger partial charge in [-0.2, -0.15) is 13.2 Å². The first-order valence-electron chi connectivity index (χ1n) is 5.07. The Balaban J connectivity index is 2.69. The first kappa shape index (κ1) is 12.1. The number of H-pyrrole nitrogens is 1. The highest BCUT2D eigenvalue weighted by molar-refractivity contribution is 5.16. The lowest BCUT2D eigenvalue weighted by Gasteiger charge is -2.01. The van der Waals surface area contributed by atoms with Crippen molar-refractivity contribution >= 4 is 0 Å². The molecular weight excluding hydrogens is 205 g/mol. The van der Waals surface area contributed by atoms with Crippen LogP contribution in [0.4, 0.5) is 13.2 Å². The number of alkyl halides is 3. The van der Waals surface area contributed by atoms with Gasteiger partial charge in [-0.3, -0.25) is 0 Å². The molecule has 0 aliphatic rings. The van der Waals surface area contributed by atoms with Crippen molar-refractivity contribution in [1.29, 1.82) is 0 Å². The molecular formula is C10H15F3N2. The summed E-state index contributed by atoms with van der Waals surface area (Å²) in [6, 6.07) is 0. The van der Waals surface area contributed by atoms with Crippen LogP contribution in [-0.4, -0.2) is 9.97 Å². The molecule has 0 aliphatic carbocycles. The highest BCUT2D eigenvalue weighted by Crippen LogP contribution is 2.30. The average molecular weight is 220 g/mol. The van der Waals surface area contributed by atoms with E-state index in [2.05, 4.69) is 16.9 Å². The summed E-state index contributed by atoms with van der Waals surface area (Å²) < 4.78 is 37.1. The molecule has 0 unspecified atom stereocenters. The van der Waals surface area contributed by atoms with Crippen molar-refractivity contribution in [2.45, 2.75) is 45.7 Å². The third kappa shape index (κ3) is 3.25. The number of unbranched alkanes of at least 4 members (excludes halogenated alkanes) is 2. The lowest BCUT2D eigenvalue weighted by Crippen LogP contribution is -2.07. The quantitative estimate of drug-likeness (QED) is 0.773. The van der Waals surface area contributed by atoms with E-state index >= 15 is 0 Å². The second-order valence-electron chi connectivity index (χ2n) is 3.61. The predicted octanol–water partition coefficient (Wildman–Crippen LogP) is 3.47. The minimum Gasteiger partial charge on any atom is -0.346 e. The number of imidazole rings is 1. The molecule has 1 aromatic heterocycles. The Bertz CT molecular complexity index is 315. The maximum atomic E-state index is 12.4. The maximum Gasteiger partial charge on any atom is 0.435 e. The molecule has 0 radical (unpaired) electrons. The van der Waals surface area contributed by atoms with Crippen LogP contribution in [0.15, 0.2) is 0 Å². The fraction of sp³-hybridized carbons (Fsp3) is 0.700. The average Bonchev–Trinajstić information content (AvgIpc) is 2.47. The minimum atomic E-state index is -4.34. The van der Waals surface area contributed by atoms with Gasteiger partial charge in [-0.05, 0) is 13.3 Å². The van der Waals surface area contributed by atoms with E-state index in [1.807, 2.05) is 0 Å². The van der Waals surface area contributed by atoms with Crippen molar-refractivity contribution in [2.75, 3.05) is 0 Å². The van der Waals surface area contributed by atoms with Crippen molar-refractivity contribution in [2.24, 2.45) is 0 Å². The molecule has 0 aliphatic heterocycles. The molecule has 0 fully saturated rings. The Morgan fingerprint density at radius 1 is 1.27 bits per heavy atom. The fourth-order valence-corrected chi connectivity index (χ4v) is 1.46. The zero-order valence-corrected chi connectivity index (χ0v) is 8.91. The van der Waals surface area contributed by atoms with Crippen LogP contribution in [0.5, 0.6) is 0 Å². The molecule has 0 atom stereocenters. The number of rotatable bonds is 4. The van der Waals surface area contributed by atoms with E-state index < -0.39 is 11.9 Å². The van der Waals surface area contributed by atoms with E-state index in [9.17, 15) is 13.2 Å². The molecule has 0 amide bonds. The summed E-state index contributed by atoms with van der Waals surface area (Å²) in [5.41, 5.74) is -0.678. The van der Waals surface area contributed by atoms with Crippen LogP contribution in [0.1, 0.15) is 43.4 Å². The largest absolute Gasteiger partial charge is 0.435 e. The molecule has 1 heterocycles. The molecule has 86 valence electrons. The standard InChI is InChI=1S/C10H15F3N2/c1-3-4-5-6-8-14-7(2)9(15-8)10(11,12)13/h3-6H2,1-2H3,(H,14,15). The van der Waals surface area contributed by atoms with Gasteiger partial charge in [-0.25, -0.2) is 4.98 Å². The van der Waals surface area contributed by atoms with Crippen molar-refractivity contribution in [3.63, 3.8) is 0 Å². The van der Waals surface area contributed by atoms with Gasteiger partial charge in [0.2, 0.25) is 0 Å². The van der Waals surface area contributed by atoms with E-state index in [0.717, 1.165) is 19.3 Å². The number of halogens is 3. The molecule has 0 aromatic carbocycles. The fourth-order valence-electron chi connectivity index (χ4n) is 1.46. The normalized spacial score (nSPS) is 12.1. The van der Waals surface area contributed by atoms with E-state index in [-0.39, 0.29) is 5.69 Å². The molecule has 1 aromatic rings. The molecule has 1 rings (SSSR count). The van der Waals surface area contributed by atoms with Crippen molar-refractivity contribution in [1.82, 2.24) is 9.97 Å². The second kappa shape index (κ2) is 4.68. The smallest absolute Gasteiger partial charge is 0.346 e. The molecule has 0 bridgehead atoms. The van der Waals surface area contributed by atoms with Gasteiger partial charge in [0.1, 0.15) is 5.82 Å². The number of hydrogen-bond donors (Lipinski definition) is 1. The third-order valence-corrected chi connectivity index (χ3v) is 2.22. The number of nitrogens with zero attached hydrogens (tertiary/aromatic N) is 1. The molecule has 0 saturated heterocycles. The molecule has 0 saturated carbocycles. The summed E-state index contributed by atoms with van der Waals surface area (Å²) in [4.78, 5) is 6.25. The Morgan fingerprint density at radius 2 is 1.93 bits per heavy atom. The topological polar surface area (TPSA) is 28.7 Å². The van der Waals surface area contributed by atoms with Crippen molar-refractivity contribution < 1.29 is 13.2 Å². The number of hydrogen-bond acceptors (Lipinski definition) is 1. The Kier molecular flexibility index (Phi) is 3.77. The second-order valence-corrected chi connectivity index (χ2v) is 3.61. The van der Waals surface area contributed by atoms with Crippen LogP contribution in [0.2, 0.25) is 0 Å². The van der Waals surface area contributed by atoms with E-state index in [1.54, 1.807) is 0 Å². The summed E-state index contributed by atoms with van der Waals surface area (Å²) in [7, 11) is 0. The van der Waals surface area contributed by atoms with Crippen molar-refractivity contribution in [3.05, 3.63) is 17.2 Å². The molecule has 5 heteroatoms. The Labute approximate surface area is 86.9 Å². The molecule has 15 heavy (non-hydrogen) atoms. The van der Waals surface area contributed by atoms with Crippen LogP contribution in [-0.2, 0) is 12.6 Å². The minimum absolute atomic E-state index is 0.106. The summed E-state index contributed by atoms with van der Waals surface area (Å²) in [6.45, 7) is 3.45. The van der Waals surface area contributed by atoms with E-state index in [4.69, 9.17) is 0 Å². The first-order valence-corrected chi connectivity index (χ1v) is 5.07. The third-order valence-electron chi connectivity index (χ3n) is 2.22. The highest BCUT2D eigenvalue weighted by atomic mass is 19.4. The summed E-state index contributed by atoms with van der Waals surface area (Å²) >= 11 is 0. The van der Waals surface area contributed by atoms with Crippen LogP contribution >= 0.6 is 0 Å². The van der Waals surface area contributed by atoms with Gasteiger partial charge in [0.25, 0.3) is 0 Å². The molecule has 1 N–H and O–H groups in total. The van der Waals surface area contributed by atoms with Crippen LogP contribution in [0.25, 0.3) is 0 Å². The van der Waals surface area contributed by atoms with Crippen molar-refractivity contribution in [3.8, 4) is 0 Å². The van der Waals surface area contributed by atoms with Gasteiger partial charge < -0.3 is 4.98 Å². The zero-order valence-electron chi connectivity index (χ0n) is 8.91. The van der Waals surface area contributed by atoms with Crippen LogP contribution in [0.3, 0.4) is 0 Å². The Morgan fingerprint density at radius 3 is 2.40 bits per heavy atom. The Hall–Kier alpha value is -1.00. The zero-order chi connectivity index (χ0) is 11.5. The number of aromatic nitrogens is 2. The van der Waals surface area contributed by atoms with Gasteiger partial charge in [0, 0.05) is 12.1 Å². The summed E-state index contributed by atoms with van der Waals surface area (Å²) in [6.07, 6.45) is -0.817. The monoisotopic (exact) mass is 220 g/mol. The molecule has 0 spiro atoms. The first-order chi connectivity index (χ1) is 6.95. The van der Waals surface area contributed by atoms with Crippen LogP contribution in [0, 0.1) is 6.92 Å². The van der Waals surface area contributed by atoms with Gasteiger partial charge in [0.15, 0.2) is 5.69 Å². The van der Waals surface area contributed by atoms with Crippen LogP contribution < -0.4 is 0 Å². The lowest BCUT2D eigenvalue weighted by atomic mass is 10.2. The van der Waals surface area contributed by atoms with E-state index in [1.165, 1.54) is 6.92 Å². The molecule has 2 nitrogen and oxygen atoms in total. The van der Waals surface area contributed by atoms with Gasteiger partial charge in [0.05, 0.1) is 0 Å². The number of nitrogens with one attached hydrogen (secondary N) is 1. The summed E-state index contributed by atoms with van der Waals surface area (Å²) in [5.74, 6) is 0.438. The number of aromatic amines is 1. The van der Waals surface area contributed by atoms with E-state index in [0.29, 0.717) is 12.2 Å².